The molecule has 0 unspecified atom stereocenters. The molecule has 0 spiro atoms. The molecular formula is C15H26N4O9S2. The van der Waals surface area contributed by atoms with Crippen molar-refractivity contribution in [1.29, 1.82) is 0 Å². The summed E-state index contributed by atoms with van der Waals surface area (Å²) in [6, 6.07) is -3.02. The molecule has 0 radical (unpaired) electrons. The van der Waals surface area contributed by atoms with E-state index in [0.717, 1.165) is 0 Å². The molecule has 0 fully saturated rings. The van der Waals surface area contributed by atoms with Crippen molar-refractivity contribution in [2.24, 2.45) is 5.73 Å². The second-order valence-corrected chi connectivity index (χ2v) is 6.40. The molecule has 3 atom stereocenters. The van der Waals surface area contributed by atoms with E-state index in [1.807, 2.05) is 0 Å². The number of carboxylic acids is 3. The van der Waals surface area contributed by atoms with Crippen molar-refractivity contribution in [3.05, 3.63) is 0 Å². The average molecular weight is 471 g/mol. The number of aliphatic carboxylic acids is 3. The van der Waals surface area contributed by atoms with Crippen LogP contribution in [0.2, 0.25) is 0 Å². The summed E-state index contributed by atoms with van der Waals surface area (Å²) in [6.45, 7) is 0.697. The highest BCUT2D eigenvalue weighted by Gasteiger charge is 2.21. The summed E-state index contributed by atoms with van der Waals surface area (Å²) >= 11 is 7.61. The van der Waals surface area contributed by atoms with Crippen molar-refractivity contribution in [3.63, 3.8) is 0 Å². The Kier molecular flexibility index (Phi) is 16.1. The SMILES string of the molecule is CC(=O)N[C@@H](CS)C(=O)O.N[C@@H](CCC(=O)N[C@@H](CS)C(=O)NCC(=O)O)C(=O)O. The first-order valence-electron chi connectivity index (χ1n) is 8.34. The molecule has 0 bridgehead atoms. The Bertz CT molecular complexity index is 633. The topological polar surface area (TPSA) is 225 Å². The normalized spacial score (nSPS) is 12.8. The number of nitrogens with one attached hydrogen (secondary N) is 3. The van der Waals surface area contributed by atoms with Crippen LogP contribution in [0.25, 0.3) is 0 Å². The van der Waals surface area contributed by atoms with Crippen LogP contribution < -0.4 is 21.7 Å². The number of thiol groups is 2. The molecule has 0 aliphatic rings. The van der Waals surface area contributed by atoms with Crippen molar-refractivity contribution < 1.29 is 44.1 Å². The predicted octanol–water partition coefficient (Wildman–Crippen LogP) is -2.70. The van der Waals surface area contributed by atoms with E-state index in [2.05, 4.69) is 41.2 Å². The van der Waals surface area contributed by atoms with E-state index in [4.69, 9.17) is 21.1 Å². The lowest BCUT2D eigenvalue weighted by Crippen LogP contribution is -2.49. The number of nitrogens with two attached hydrogens (primary N) is 1. The van der Waals surface area contributed by atoms with Crippen LogP contribution in [0.15, 0.2) is 0 Å². The van der Waals surface area contributed by atoms with Gasteiger partial charge in [-0.15, -0.1) is 0 Å². The molecule has 0 aliphatic heterocycles. The zero-order valence-corrected chi connectivity index (χ0v) is 17.8. The first kappa shape index (κ1) is 29.7. The molecular weight excluding hydrogens is 444 g/mol. The van der Waals surface area contributed by atoms with Gasteiger partial charge in [-0.05, 0) is 6.42 Å². The molecule has 0 saturated heterocycles. The van der Waals surface area contributed by atoms with Crippen molar-refractivity contribution in [1.82, 2.24) is 16.0 Å². The minimum absolute atomic E-state index is 0.0256. The van der Waals surface area contributed by atoms with Crippen LogP contribution in [0.3, 0.4) is 0 Å². The molecule has 0 aromatic heterocycles. The maximum atomic E-state index is 11.5. The number of carbonyl (C=O) groups excluding carboxylic acids is 3. The summed E-state index contributed by atoms with van der Waals surface area (Å²) < 4.78 is 0. The minimum Gasteiger partial charge on any atom is -0.480 e. The third-order valence-corrected chi connectivity index (χ3v) is 3.84. The minimum atomic E-state index is -1.22. The van der Waals surface area contributed by atoms with Gasteiger partial charge in [0.1, 0.15) is 24.7 Å². The van der Waals surface area contributed by atoms with Crippen LogP contribution >= 0.6 is 25.3 Å². The number of rotatable bonds is 12. The molecule has 3 amide bonds. The Morgan fingerprint density at radius 1 is 0.900 bits per heavy atom. The molecule has 0 aromatic carbocycles. The van der Waals surface area contributed by atoms with Crippen LogP contribution in [0, 0.1) is 0 Å². The second-order valence-electron chi connectivity index (χ2n) is 5.67. The first-order valence-corrected chi connectivity index (χ1v) is 9.61. The van der Waals surface area contributed by atoms with Gasteiger partial charge in [0.15, 0.2) is 0 Å². The van der Waals surface area contributed by atoms with Crippen molar-refractivity contribution in [3.8, 4) is 0 Å². The Morgan fingerprint density at radius 2 is 1.43 bits per heavy atom. The lowest BCUT2D eigenvalue weighted by Gasteiger charge is -2.16. The van der Waals surface area contributed by atoms with E-state index >= 15 is 0 Å². The standard InChI is InChI=1S/C10H17N3O6S.C5H9NO3S/c11-5(10(18)19)1-2-7(14)13-6(4-20)9(17)12-3-8(15)16;1-3(7)6-4(2-10)5(8)9/h5-6,20H,1-4,11H2,(H,12,17)(H,13,14)(H,15,16)(H,18,19);4,10H,2H2,1H3,(H,6,7)(H,8,9)/t5-,6-;4-/m00/s1. The maximum Gasteiger partial charge on any atom is 0.327 e. The molecule has 8 N–H and O–H groups in total. The fraction of sp³-hybridized carbons (Fsp3) is 0.600. The van der Waals surface area contributed by atoms with Crippen molar-refractivity contribution in [2.45, 2.75) is 37.9 Å². The third kappa shape index (κ3) is 15.4. The van der Waals surface area contributed by atoms with E-state index in [1.165, 1.54) is 6.92 Å². The zero-order valence-electron chi connectivity index (χ0n) is 16.0. The van der Waals surface area contributed by atoms with E-state index < -0.39 is 54.4 Å². The van der Waals surface area contributed by atoms with Gasteiger partial charge in [-0.25, -0.2) is 4.79 Å². The van der Waals surface area contributed by atoms with E-state index in [1.54, 1.807) is 0 Å². The lowest BCUT2D eigenvalue weighted by molar-refractivity contribution is -0.141. The van der Waals surface area contributed by atoms with Gasteiger partial charge in [-0.1, -0.05) is 0 Å². The number of carbonyl (C=O) groups is 6. The van der Waals surface area contributed by atoms with E-state index in [0.29, 0.717) is 0 Å². The maximum absolute atomic E-state index is 11.5. The summed E-state index contributed by atoms with van der Waals surface area (Å²) in [4.78, 5) is 64.3. The summed E-state index contributed by atoms with van der Waals surface area (Å²) in [5.41, 5.74) is 5.23. The van der Waals surface area contributed by atoms with Gasteiger partial charge in [-0.3, -0.25) is 24.0 Å². The van der Waals surface area contributed by atoms with Crippen molar-refractivity contribution in [2.75, 3.05) is 18.1 Å². The smallest absolute Gasteiger partial charge is 0.327 e. The monoisotopic (exact) mass is 470 g/mol. The Morgan fingerprint density at radius 3 is 1.77 bits per heavy atom. The summed E-state index contributed by atoms with van der Waals surface area (Å²) in [5.74, 6) is -5.02. The lowest BCUT2D eigenvalue weighted by atomic mass is 10.1. The van der Waals surface area contributed by atoms with Crippen LogP contribution in [0.1, 0.15) is 19.8 Å². The highest BCUT2D eigenvalue weighted by molar-refractivity contribution is 7.80. The number of amides is 3. The van der Waals surface area contributed by atoms with Gasteiger partial charge in [0.25, 0.3) is 0 Å². The molecule has 0 aliphatic carbocycles. The summed E-state index contributed by atoms with van der Waals surface area (Å²) in [6.07, 6.45) is -0.235. The highest BCUT2D eigenvalue weighted by Crippen LogP contribution is 1.97. The molecule has 172 valence electrons. The van der Waals surface area contributed by atoms with Crippen LogP contribution in [0.5, 0.6) is 0 Å². The Labute approximate surface area is 183 Å². The van der Waals surface area contributed by atoms with Gasteiger partial charge in [0, 0.05) is 24.9 Å². The highest BCUT2D eigenvalue weighted by atomic mass is 32.1. The fourth-order valence-corrected chi connectivity index (χ4v) is 2.09. The van der Waals surface area contributed by atoms with Gasteiger partial charge < -0.3 is 37.0 Å². The third-order valence-electron chi connectivity index (χ3n) is 3.11. The van der Waals surface area contributed by atoms with Crippen molar-refractivity contribution >= 4 is 60.9 Å². The molecule has 13 nitrogen and oxygen atoms in total. The van der Waals surface area contributed by atoms with Gasteiger partial charge in [-0.2, -0.15) is 25.3 Å². The van der Waals surface area contributed by atoms with Gasteiger partial charge in [0.2, 0.25) is 17.7 Å². The molecule has 0 heterocycles. The molecule has 0 rings (SSSR count). The Hall–Kier alpha value is -2.52. The summed E-state index contributed by atoms with van der Waals surface area (Å²) in [5, 5.41) is 31.9. The molecule has 0 aromatic rings. The largest absolute Gasteiger partial charge is 0.480 e. The fourth-order valence-electron chi connectivity index (χ4n) is 1.59. The second kappa shape index (κ2) is 16.3. The number of hydrogen-bond acceptors (Lipinski definition) is 9. The quantitative estimate of drug-likeness (QED) is 0.134. The molecule has 15 heteroatoms. The number of carboxylic acid groups (broad SMARTS) is 3. The van der Waals surface area contributed by atoms with Crippen LogP contribution in [0.4, 0.5) is 0 Å². The molecule has 0 saturated carbocycles. The Balaban J connectivity index is 0. The zero-order chi connectivity index (χ0) is 23.9. The van der Waals surface area contributed by atoms with E-state index in [-0.39, 0.29) is 30.3 Å². The predicted molar refractivity (Wildman–Crippen MR) is 110 cm³/mol. The first-order chi connectivity index (χ1) is 13.8. The number of hydrogen-bond donors (Lipinski definition) is 9. The summed E-state index contributed by atoms with van der Waals surface area (Å²) in [7, 11) is 0. The van der Waals surface area contributed by atoms with Crippen LogP contribution in [-0.2, 0) is 28.8 Å². The average Bonchev–Trinajstić information content (AvgIpc) is 2.66. The van der Waals surface area contributed by atoms with Gasteiger partial charge >= 0.3 is 17.9 Å². The van der Waals surface area contributed by atoms with E-state index in [9.17, 15) is 28.8 Å². The van der Waals surface area contributed by atoms with Gasteiger partial charge in [0.05, 0.1) is 0 Å². The molecule has 30 heavy (non-hydrogen) atoms. The van der Waals surface area contributed by atoms with Crippen LogP contribution in [-0.4, -0.2) is 87.1 Å².